The Morgan fingerprint density at radius 2 is 1.56 bits per heavy atom. The number of aliphatic hydroxyl groups excluding tert-OH is 2. The number of benzene rings is 5. The number of carbonyl (C=O) groups is 1. The van der Waals surface area contributed by atoms with Gasteiger partial charge in [0.25, 0.3) is 5.91 Å². The van der Waals surface area contributed by atoms with Gasteiger partial charge in [0.2, 0.25) is 5.79 Å². The van der Waals surface area contributed by atoms with Gasteiger partial charge in [-0.1, -0.05) is 110 Å². The van der Waals surface area contributed by atoms with Gasteiger partial charge in [-0.2, -0.15) is 0 Å². The number of rotatable bonds is 20. The predicted octanol–water partition coefficient (Wildman–Crippen LogP) is 11.5. The Labute approximate surface area is 378 Å². The number of hydrogen-bond donors (Lipinski definition) is 2. The summed E-state index contributed by atoms with van der Waals surface area (Å²) in [4.78, 5) is 23.1. The number of fused-ring (bicyclic) bond motifs is 3. The molecule has 8 rings (SSSR count). The van der Waals surface area contributed by atoms with Crippen LogP contribution in [0.5, 0.6) is 17.2 Å². The van der Waals surface area contributed by atoms with Gasteiger partial charge in [0.1, 0.15) is 29.9 Å². The minimum Gasteiger partial charge on any atom is -0.459 e. The molecule has 64 heavy (non-hydrogen) atoms. The van der Waals surface area contributed by atoms with E-state index in [0.29, 0.717) is 55.9 Å². The zero-order valence-electron chi connectivity index (χ0n) is 37.2. The molecule has 0 spiro atoms. The molecule has 5 aromatic carbocycles. The van der Waals surface area contributed by atoms with Crippen molar-refractivity contribution in [2.45, 2.75) is 83.0 Å². The largest absolute Gasteiger partial charge is 0.459 e. The molecule has 6 unspecified atom stereocenters. The van der Waals surface area contributed by atoms with Crippen molar-refractivity contribution >= 4 is 22.4 Å². The smallest absolute Gasteiger partial charge is 0.254 e. The molecule has 0 saturated heterocycles. The molecule has 1 amide bonds. The van der Waals surface area contributed by atoms with Gasteiger partial charge in [0, 0.05) is 43.2 Å². The number of amides is 1. The fraction of sp³-hybridized carbons (Fsp3) is 0.382. The third-order valence-electron chi connectivity index (χ3n) is 13.2. The van der Waals surface area contributed by atoms with Crippen LogP contribution >= 0.6 is 0 Å². The summed E-state index contributed by atoms with van der Waals surface area (Å²) in [5.74, 6) is 0.288. The van der Waals surface area contributed by atoms with E-state index >= 15 is 4.79 Å². The molecule has 6 atom stereocenters. The molecule has 1 saturated carbocycles. The maximum Gasteiger partial charge on any atom is 0.254 e. The van der Waals surface area contributed by atoms with Crippen LogP contribution in [-0.4, -0.2) is 71.5 Å². The standard InChI is InChI=1S/C55H62N2O7/c1-4-30-57(54(60)43-23-22-39-18-10-11-19-41(39)34-43)51-37-49(56-62-6-3)47-35-42(20-12-14-31-58)46(21-13-15-32-59)52-48-36-45(28-29-50(48)64-55(51,53(47)52)61-33-5-2)63-44-26-24-40(25-27-44)38-16-8-7-9-17-38/h5,7-11,16-19,22-29,34-36,42,46,51-53,58-59H,2,4,6,12-15,20-21,30-33,37H2,1,3H3. The summed E-state index contributed by atoms with van der Waals surface area (Å²) in [6.45, 7) is 9.38. The van der Waals surface area contributed by atoms with Crippen molar-refractivity contribution in [3.63, 3.8) is 0 Å². The van der Waals surface area contributed by atoms with Gasteiger partial charge in [-0.3, -0.25) is 4.79 Å². The average Bonchev–Trinajstić information content (AvgIpc) is 3.33. The summed E-state index contributed by atoms with van der Waals surface area (Å²) in [6, 6.07) is 37.9. The van der Waals surface area contributed by atoms with Gasteiger partial charge >= 0.3 is 0 Å². The highest BCUT2D eigenvalue weighted by molar-refractivity contribution is 6.04. The molecular weight excluding hydrogens is 801 g/mol. The minimum absolute atomic E-state index is 0.0941. The van der Waals surface area contributed by atoms with Crippen LogP contribution in [0.25, 0.3) is 21.9 Å². The number of carbonyl (C=O) groups excluding carboxylic acids is 1. The lowest BCUT2D eigenvalue weighted by Gasteiger charge is -2.60. The van der Waals surface area contributed by atoms with E-state index in [9.17, 15) is 10.2 Å². The van der Waals surface area contributed by atoms with Gasteiger partial charge in [0.15, 0.2) is 0 Å². The van der Waals surface area contributed by atoms with Crippen LogP contribution in [0, 0.1) is 17.8 Å². The maximum absolute atomic E-state index is 15.2. The van der Waals surface area contributed by atoms with E-state index in [1.54, 1.807) is 6.08 Å². The first kappa shape index (κ1) is 44.9. The lowest BCUT2D eigenvalue weighted by atomic mass is 9.55. The van der Waals surface area contributed by atoms with Crippen LogP contribution in [0.4, 0.5) is 0 Å². The molecule has 0 aromatic heterocycles. The SMILES string of the molecule is C=CCOC12Oc3ccc(Oc4ccc(-c5ccccc5)cc4)cc3C3C(CCCCO)C(CCCCO)C=C(C(=NOCC)CC1N(CCC)C(=O)c1ccc4ccccc4c1)C32. The minimum atomic E-state index is -1.34. The normalized spacial score (nSPS) is 22.8. The Morgan fingerprint density at radius 3 is 2.30 bits per heavy atom. The summed E-state index contributed by atoms with van der Waals surface area (Å²) in [7, 11) is 0. The molecule has 2 aliphatic carbocycles. The summed E-state index contributed by atoms with van der Waals surface area (Å²) in [5, 5.41) is 26.9. The van der Waals surface area contributed by atoms with Crippen LogP contribution in [0.15, 0.2) is 145 Å². The second-order valence-electron chi connectivity index (χ2n) is 17.2. The Hall–Kier alpha value is -5.74. The Kier molecular flexibility index (Phi) is 14.6. The topological polar surface area (TPSA) is 110 Å². The molecule has 9 heteroatoms. The van der Waals surface area contributed by atoms with Crippen LogP contribution in [-0.2, 0) is 9.57 Å². The molecule has 5 aromatic rings. The fourth-order valence-electron chi connectivity index (χ4n) is 10.5. The molecule has 334 valence electrons. The second kappa shape index (κ2) is 20.8. The van der Waals surface area contributed by atoms with Crippen molar-refractivity contribution in [3.05, 3.63) is 151 Å². The number of ether oxygens (including phenoxy) is 3. The fourth-order valence-corrected chi connectivity index (χ4v) is 10.5. The summed E-state index contributed by atoms with van der Waals surface area (Å²) in [5.41, 5.74) is 5.64. The zero-order valence-corrected chi connectivity index (χ0v) is 37.2. The Bertz CT molecular complexity index is 2430. The van der Waals surface area contributed by atoms with Crippen molar-refractivity contribution in [1.29, 1.82) is 0 Å². The van der Waals surface area contributed by atoms with Gasteiger partial charge in [-0.15, -0.1) is 6.58 Å². The van der Waals surface area contributed by atoms with E-state index < -0.39 is 17.7 Å². The monoisotopic (exact) mass is 862 g/mol. The highest BCUT2D eigenvalue weighted by Gasteiger charge is 2.65. The van der Waals surface area contributed by atoms with Crippen LogP contribution in [0.1, 0.15) is 87.1 Å². The van der Waals surface area contributed by atoms with Crippen LogP contribution in [0.3, 0.4) is 0 Å². The number of hydrogen-bond acceptors (Lipinski definition) is 8. The molecule has 0 bridgehead atoms. The third-order valence-corrected chi connectivity index (χ3v) is 13.2. The molecule has 3 aliphatic rings. The molecule has 1 aliphatic heterocycles. The lowest BCUT2D eigenvalue weighted by molar-refractivity contribution is -0.254. The number of aliphatic hydroxyl groups is 2. The number of unbranched alkanes of at least 4 members (excludes halogenated alkanes) is 2. The van der Waals surface area contributed by atoms with Crippen LogP contribution in [0.2, 0.25) is 0 Å². The van der Waals surface area contributed by atoms with Gasteiger partial charge in [-0.05, 0) is 121 Å². The molecular formula is C55H62N2O7. The molecule has 0 radical (unpaired) electrons. The number of nitrogens with zero attached hydrogens (tertiary/aromatic N) is 2. The first-order valence-electron chi connectivity index (χ1n) is 23.3. The van der Waals surface area contributed by atoms with Crippen molar-refractivity contribution < 1.29 is 34.1 Å². The van der Waals surface area contributed by atoms with Crippen LogP contribution < -0.4 is 9.47 Å². The van der Waals surface area contributed by atoms with E-state index in [1.807, 2.05) is 90.7 Å². The summed E-state index contributed by atoms with van der Waals surface area (Å²) < 4.78 is 21.3. The molecule has 2 N–H and O–H groups in total. The highest BCUT2D eigenvalue weighted by Crippen LogP contribution is 2.62. The van der Waals surface area contributed by atoms with E-state index in [-0.39, 0.29) is 43.5 Å². The first-order valence-corrected chi connectivity index (χ1v) is 23.3. The van der Waals surface area contributed by atoms with Crippen molar-refractivity contribution in [3.8, 4) is 28.4 Å². The quantitative estimate of drug-likeness (QED) is 0.0455. The third kappa shape index (κ3) is 9.25. The molecule has 1 heterocycles. The maximum atomic E-state index is 15.2. The summed E-state index contributed by atoms with van der Waals surface area (Å²) >= 11 is 0. The number of allylic oxidation sites excluding steroid dienone is 1. The average molecular weight is 863 g/mol. The van der Waals surface area contributed by atoms with Gasteiger partial charge < -0.3 is 34.2 Å². The second-order valence-corrected chi connectivity index (χ2v) is 17.2. The zero-order chi connectivity index (χ0) is 44.5. The Morgan fingerprint density at radius 1 is 0.844 bits per heavy atom. The lowest BCUT2D eigenvalue weighted by Crippen LogP contribution is -2.70. The molecule has 9 nitrogen and oxygen atoms in total. The highest BCUT2D eigenvalue weighted by atomic mass is 16.7. The van der Waals surface area contributed by atoms with E-state index in [2.05, 4.69) is 56.0 Å². The number of oxime groups is 1. The summed E-state index contributed by atoms with van der Waals surface area (Å²) in [6.07, 6.45) is 9.96. The van der Waals surface area contributed by atoms with E-state index in [0.717, 1.165) is 70.2 Å². The van der Waals surface area contributed by atoms with E-state index in [4.69, 9.17) is 24.2 Å². The van der Waals surface area contributed by atoms with Crippen molar-refractivity contribution in [2.24, 2.45) is 22.9 Å². The van der Waals surface area contributed by atoms with Crippen molar-refractivity contribution in [2.75, 3.05) is 33.0 Å². The van der Waals surface area contributed by atoms with E-state index in [1.165, 1.54) is 0 Å². The first-order chi connectivity index (χ1) is 31.4. The van der Waals surface area contributed by atoms with Crippen molar-refractivity contribution in [1.82, 2.24) is 4.90 Å². The van der Waals surface area contributed by atoms with Gasteiger partial charge in [-0.25, -0.2) is 0 Å². The predicted molar refractivity (Wildman–Crippen MR) is 254 cm³/mol. The molecule has 1 fully saturated rings. The van der Waals surface area contributed by atoms with Gasteiger partial charge in [0.05, 0.1) is 18.2 Å². The Balaban J connectivity index is 1.29.